The van der Waals surface area contributed by atoms with Gasteiger partial charge in [0.05, 0.1) is 6.04 Å². The molecule has 2 nitrogen and oxygen atoms in total. The average molecular weight is 280 g/mol. The van der Waals surface area contributed by atoms with Crippen LogP contribution in [0.2, 0.25) is 0 Å². The first-order valence-electron chi connectivity index (χ1n) is 8.14. The van der Waals surface area contributed by atoms with Gasteiger partial charge >= 0.3 is 0 Å². The number of amidine groups is 1. The Bertz CT molecular complexity index is 347. The number of aliphatic imine (C=N–C) groups is 1. The van der Waals surface area contributed by atoms with Crippen molar-refractivity contribution in [1.82, 2.24) is 5.32 Å². The molecule has 1 heterocycles. The quantitative estimate of drug-likeness (QED) is 0.778. The fourth-order valence-corrected chi connectivity index (χ4v) is 5.28. The standard InChI is InChI=1S/C16H28N2S/c1-12-5-7-14(8-6-12)17-15-18-16(11-19-15)9-3-4-13(2)10-16/h12-14H,3-11H2,1-2H3,(H,17,18). The third-order valence-electron chi connectivity index (χ3n) is 5.23. The van der Waals surface area contributed by atoms with Gasteiger partial charge < -0.3 is 5.32 Å². The molecule has 3 aliphatic rings. The molecule has 1 N–H and O–H groups in total. The Morgan fingerprint density at radius 1 is 1.11 bits per heavy atom. The first-order chi connectivity index (χ1) is 9.15. The maximum absolute atomic E-state index is 5.01. The number of nitrogens with zero attached hydrogens (tertiary/aromatic N) is 1. The highest BCUT2D eigenvalue weighted by Gasteiger charge is 2.40. The van der Waals surface area contributed by atoms with Crippen LogP contribution in [0, 0.1) is 11.8 Å². The van der Waals surface area contributed by atoms with Gasteiger partial charge in [-0.3, -0.25) is 4.99 Å². The molecule has 0 radical (unpaired) electrons. The number of rotatable bonds is 1. The summed E-state index contributed by atoms with van der Waals surface area (Å²) in [7, 11) is 0. The van der Waals surface area contributed by atoms with Crippen LogP contribution in [0.5, 0.6) is 0 Å². The zero-order chi connectivity index (χ0) is 13.3. The van der Waals surface area contributed by atoms with E-state index in [1.165, 1.54) is 62.3 Å². The Balaban J connectivity index is 1.59. The molecule has 2 atom stereocenters. The van der Waals surface area contributed by atoms with Crippen LogP contribution in [0.15, 0.2) is 4.99 Å². The summed E-state index contributed by atoms with van der Waals surface area (Å²) < 4.78 is 0. The highest BCUT2D eigenvalue weighted by Crippen LogP contribution is 2.39. The second-order valence-electron chi connectivity index (χ2n) is 7.24. The molecule has 0 bridgehead atoms. The number of hydrogen-bond acceptors (Lipinski definition) is 2. The van der Waals surface area contributed by atoms with Crippen LogP contribution in [0.4, 0.5) is 0 Å². The number of hydrogen-bond donors (Lipinski definition) is 1. The van der Waals surface area contributed by atoms with Crippen molar-refractivity contribution in [3.8, 4) is 0 Å². The highest BCUT2D eigenvalue weighted by atomic mass is 32.2. The predicted molar refractivity (Wildman–Crippen MR) is 84.8 cm³/mol. The minimum Gasteiger partial charge on any atom is -0.359 e. The molecule has 1 aliphatic heterocycles. The van der Waals surface area contributed by atoms with Gasteiger partial charge in [-0.15, -0.1) is 0 Å². The van der Waals surface area contributed by atoms with Crippen molar-refractivity contribution in [1.29, 1.82) is 0 Å². The SMILES string of the molecule is CC1CCC(N=C2NC3(CCCC(C)C3)CS2)CC1. The van der Waals surface area contributed by atoms with Gasteiger partial charge in [0.15, 0.2) is 5.17 Å². The Kier molecular flexibility index (Phi) is 4.11. The van der Waals surface area contributed by atoms with Crippen molar-refractivity contribution >= 4 is 16.9 Å². The van der Waals surface area contributed by atoms with E-state index in [4.69, 9.17) is 4.99 Å². The van der Waals surface area contributed by atoms with E-state index in [1.54, 1.807) is 0 Å². The first-order valence-corrected chi connectivity index (χ1v) is 9.13. The topological polar surface area (TPSA) is 24.4 Å². The smallest absolute Gasteiger partial charge is 0.157 e. The zero-order valence-corrected chi connectivity index (χ0v) is 13.3. The van der Waals surface area contributed by atoms with Gasteiger partial charge in [-0.1, -0.05) is 38.5 Å². The van der Waals surface area contributed by atoms with Gasteiger partial charge in [0.25, 0.3) is 0 Å². The minimum absolute atomic E-state index is 0.392. The summed E-state index contributed by atoms with van der Waals surface area (Å²) in [5.74, 6) is 3.06. The lowest BCUT2D eigenvalue weighted by Crippen LogP contribution is -2.47. The van der Waals surface area contributed by atoms with Crippen LogP contribution in [0.3, 0.4) is 0 Å². The van der Waals surface area contributed by atoms with Crippen molar-refractivity contribution in [2.24, 2.45) is 16.8 Å². The summed E-state index contributed by atoms with van der Waals surface area (Å²) in [4.78, 5) is 5.01. The molecule has 1 saturated heterocycles. The summed E-state index contributed by atoms with van der Waals surface area (Å²) in [5.41, 5.74) is 0.392. The van der Waals surface area contributed by atoms with Gasteiger partial charge in [-0.05, 0) is 50.4 Å². The molecule has 2 unspecified atom stereocenters. The summed E-state index contributed by atoms with van der Waals surface area (Å²) >= 11 is 1.98. The molecule has 0 aromatic heterocycles. The van der Waals surface area contributed by atoms with Gasteiger partial charge in [-0.2, -0.15) is 0 Å². The van der Waals surface area contributed by atoms with Crippen LogP contribution in [-0.2, 0) is 0 Å². The third-order valence-corrected chi connectivity index (χ3v) is 6.41. The van der Waals surface area contributed by atoms with E-state index in [0.29, 0.717) is 11.6 Å². The van der Waals surface area contributed by atoms with Crippen molar-refractivity contribution in [2.75, 3.05) is 5.75 Å². The van der Waals surface area contributed by atoms with Crippen molar-refractivity contribution in [3.63, 3.8) is 0 Å². The Hall–Kier alpha value is -0.180. The Morgan fingerprint density at radius 2 is 1.89 bits per heavy atom. The van der Waals surface area contributed by atoms with Gasteiger partial charge in [-0.25, -0.2) is 0 Å². The van der Waals surface area contributed by atoms with Gasteiger partial charge in [0.1, 0.15) is 0 Å². The van der Waals surface area contributed by atoms with Crippen LogP contribution >= 0.6 is 11.8 Å². The van der Waals surface area contributed by atoms with Crippen molar-refractivity contribution in [3.05, 3.63) is 0 Å². The summed E-state index contributed by atoms with van der Waals surface area (Å²) in [6.07, 6.45) is 10.9. The van der Waals surface area contributed by atoms with E-state index in [1.807, 2.05) is 11.8 Å². The lowest BCUT2D eigenvalue weighted by Gasteiger charge is -2.36. The second-order valence-corrected chi connectivity index (χ2v) is 8.21. The van der Waals surface area contributed by atoms with Crippen molar-refractivity contribution < 1.29 is 0 Å². The number of thioether (sulfide) groups is 1. The molecule has 0 amide bonds. The molecule has 1 spiro atoms. The summed E-state index contributed by atoms with van der Waals surface area (Å²) in [6.45, 7) is 4.79. The molecule has 3 rings (SSSR count). The molecular formula is C16H28N2S. The van der Waals surface area contributed by atoms with Gasteiger partial charge in [0, 0.05) is 11.3 Å². The fraction of sp³-hybridized carbons (Fsp3) is 0.938. The average Bonchev–Trinajstić information content (AvgIpc) is 2.75. The molecule has 19 heavy (non-hydrogen) atoms. The molecule has 2 saturated carbocycles. The van der Waals surface area contributed by atoms with Crippen LogP contribution < -0.4 is 5.32 Å². The van der Waals surface area contributed by atoms with E-state index in [9.17, 15) is 0 Å². The third kappa shape index (κ3) is 3.29. The van der Waals surface area contributed by atoms with E-state index >= 15 is 0 Å². The van der Waals surface area contributed by atoms with E-state index in [2.05, 4.69) is 19.2 Å². The maximum Gasteiger partial charge on any atom is 0.157 e. The fourth-order valence-electron chi connectivity index (χ4n) is 4.02. The minimum atomic E-state index is 0.392. The Morgan fingerprint density at radius 3 is 2.63 bits per heavy atom. The lowest BCUT2D eigenvalue weighted by molar-refractivity contribution is 0.242. The molecule has 3 fully saturated rings. The molecule has 3 heteroatoms. The van der Waals surface area contributed by atoms with Crippen LogP contribution in [0.1, 0.15) is 65.2 Å². The lowest BCUT2D eigenvalue weighted by atomic mass is 9.78. The van der Waals surface area contributed by atoms with E-state index in [-0.39, 0.29) is 0 Å². The normalized spacial score (nSPS) is 45.6. The van der Waals surface area contributed by atoms with Gasteiger partial charge in [0.2, 0.25) is 0 Å². The summed E-state index contributed by atoms with van der Waals surface area (Å²) in [5, 5.41) is 5.07. The molecule has 0 aromatic carbocycles. The highest BCUT2D eigenvalue weighted by molar-refractivity contribution is 8.14. The zero-order valence-electron chi connectivity index (χ0n) is 12.5. The Labute approximate surface area is 122 Å². The molecule has 2 aliphatic carbocycles. The first kappa shape index (κ1) is 13.8. The van der Waals surface area contributed by atoms with E-state index in [0.717, 1.165) is 11.8 Å². The second kappa shape index (κ2) is 5.67. The molecule has 0 aromatic rings. The summed E-state index contributed by atoms with van der Waals surface area (Å²) in [6, 6.07) is 0.599. The molecular weight excluding hydrogens is 252 g/mol. The maximum atomic E-state index is 5.01. The predicted octanol–water partition coefficient (Wildman–Crippen LogP) is 4.21. The number of nitrogens with one attached hydrogen (secondary N) is 1. The molecule has 108 valence electrons. The largest absolute Gasteiger partial charge is 0.359 e. The van der Waals surface area contributed by atoms with E-state index < -0.39 is 0 Å². The monoisotopic (exact) mass is 280 g/mol. The van der Waals surface area contributed by atoms with Crippen LogP contribution in [0.25, 0.3) is 0 Å². The van der Waals surface area contributed by atoms with Crippen LogP contribution in [-0.4, -0.2) is 22.5 Å². The van der Waals surface area contributed by atoms with Crippen molar-refractivity contribution in [2.45, 2.75) is 76.8 Å².